The molecule has 0 unspecified atom stereocenters. The van der Waals surface area contributed by atoms with Crippen LogP contribution in [0, 0.1) is 6.92 Å². The maximum atomic E-state index is 12.9. The molecule has 0 saturated carbocycles. The molecule has 1 aliphatic rings. The minimum absolute atomic E-state index is 0.0794. The molecule has 0 aliphatic carbocycles. The van der Waals surface area contributed by atoms with E-state index in [2.05, 4.69) is 30.7 Å². The van der Waals surface area contributed by atoms with Crippen LogP contribution in [0.1, 0.15) is 43.6 Å². The van der Waals surface area contributed by atoms with Crippen molar-refractivity contribution >= 4 is 23.4 Å². The van der Waals surface area contributed by atoms with E-state index in [0.717, 1.165) is 11.1 Å². The van der Waals surface area contributed by atoms with Crippen molar-refractivity contribution in [3.63, 3.8) is 0 Å². The number of esters is 1. The van der Waals surface area contributed by atoms with Gasteiger partial charge < -0.3 is 15.4 Å². The Morgan fingerprint density at radius 3 is 2.74 bits per heavy atom. The summed E-state index contributed by atoms with van der Waals surface area (Å²) in [4.78, 5) is 49.8. The molecule has 0 radical (unpaired) electrons. The maximum absolute atomic E-state index is 12.9. The molecule has 1 aliphatic heterocycles. The molecule has 2 amide bonds. The van der Waals surface area contributed by atoms with Crippen LogP contribution in [0.2, 0.25) is 0 Å². The summed E-state index contributed by atoms with van der Waals surface area (Å²) in [6.07, 6.45) is 3.34. The first kappa shape index (κ1) is 21.2. The van der Waals surface area contributed by atoms with Crippen LogP contribution in [0.25, 0.3) is 5.65 Å². The quantitative estimate of drug-likeness (QED) is 0.325. The maximum Gasteiger partial charge on any atom is 0.315 e. The lowest BCUT2D eigenvalue weighted by atomic mass is 10.1. The highest BCUT2D eigenvalue weighted by Gasteiger charge is 2.21. The molecule has 1 aromatic carbocycles. The zero-order chi connectivity index (χ0) is 23.7. The number of amides is 2. The fraction of sp³-hybridized carbons (Fsp3) is 0.174. The van der Waals surface area contributed by atoms with Gasteiger partial charge in [0.05, 0.1) is 24.9 Å². The number of carbonyl (C=O) groups is 3. The van der Waals surface area contributed by atoms with Gasteiger partial charge in [-0.1, -0.05) is 6.07 Å². The number of benzene rings is 1. The Labute approximate surface area is 193 Å². The highest BCUT2D eigenvalue weighted by molar-refractivity contribution is 5.98. The monoisotopic (exact) mass is 457 g/mol. The van der Waals surface area contributed by atoms with Crippen LogP contribution in [-0.4, -0.2) is 42.3 Å². The van der Waals surface area contributed by atoms with E-state index >= 15 is 0 Å². The molecule has 4 heterocycles. The van der Waals surface area contributed by atoms with Crippen LogP contribution in [0.4, 0.5) is 0 Å². The van der Waals surface area contributed by atoms with Crippen molar-refractivity contribution in [1.82, 2.24) is 35.2 Å². The number of fused-ring (bicyclic) bond motifs is 2. The average molecular weight is 457 g/mol. The van der Waals surface area contributed by atoms with Crippen molar-refractivity contribution in [1.29, 1.82) is 0 Å². The number of nitrogens with zero attached hydrogens (tertiary/aromatic N) is 5. The third-order valence-corrected chi connectivity index (χ3v) is 5.22. The zero-order valence-corrected chi connectivity index (χ0v) is 18.1. The van der Waals surface area contributed by atoms with Crippen LogP contribution in [0.15, 0.2) is 48.8 Å². The molecule has 4 aromatic rings. The Morgan fingerprint density at radius 1 is 1.03 bits per heavy atom. The summed E-state index contributed by atoms with van der Waals surface area (Å²) in [5.74, 6) is -0.0239. The molecule has 3 aromatic heterocycles. The summed E-state index contributed by atoms with van der Waals surface area (Å²) in [7, 11) is 0. The van der Waals surface area contributed by atoms with E-state index < -0.39 is 11.8 Å². The minimum Gasteiger partial charge on any atom is -0.426 e. The van der Waals surface area contributed by atoms with E-state index in [0.29, 0.717) is 22.9 Å². The number of ether oxygens (including phenoxy) is 1. The first-order valence-corrected chi connectivity index (χ1v) is 10.5. The van der Waals surface area contributed by atoms with Gasteiger partial charge >= 0.3 is 5.97 Å². The molecule has 2 N–H and O–H groups in total. The number of nitrogens with one attached hydrogen (secondary N) is 2. The highest BCUT2D eigenvalue weighted by Crippen LogP contribution is 2.26. The van der Waals surface area contributed by atoms with Gasteiger partial charge in [-0.2, -0.15) is 5.10 Å². The predicted molar refractivity (Wildman–Crippen MR) is 118 cm³/mol. The van der Waals surface area contributed by atoms with Crippen molar-refractivity contribution in [2.45, 2.75) is 26.4 Å². The van der Waals surface area contributed by atoms with Gasteiger partial charge in [-0.25, -0.2) is 19.5 Å². The van der Waals surface area contributed by atoms with Gasteiger partial charge in [-0.3, -0.25) is 14.4 Å². The van der Waals surface area contributed by atoms with Gasteiger partial charge in [-0.05, 0) is 30.7 Å². The first-order valence-electron chi connectivity index (χ1n) is 10.5. The Bertz CT molecular complexity index is 1450. The molecule has 0 bridgehead atoms. The van der Waals surface area contributed by atoms with Gasteiger partial charge in [0.15, 0.2) is 5.65 Å². The van der Waals surface area contributed by atoms with Crippen molar-refractivity contribution < 1.29 is 19.1 Å². The van der Waals surface area contributed by atoms with Crippen LogP contribution in [0.5, 0.6) is 5.75 Å². The van der Waals surface area contributed by atoms with Gasteiger partial charge in [0.2, 0.25) is 0 Å². The van der Waals surface area contributed by atoms with Crippen LogP contribution < -0.4 is 15.4 Å². The molecule has 0 atom stereocenters. The third-order valence-electron chi connectivity index (χ3n) is 5.22. The molecule has 11 heteroatoms. The Hall–Kier alpha value is -4.67. The highest BCUT2D eigenvalue weighted by atomic mass is 16.5. The third kappa shape index (κ3) is 4.31. The molecule has 11 nitrogen and oxygen atoms in total. The summed E-state index contributed by atoms with van der Waals surface area (Å²) in [5, 5.41) is 9.73. The number of carbonyl (C=O) groups excluding carboxylic acids is 3. The van der Waals surface area contributed by atoms with Gasteiger partial charge in [0.25, 0.3) is 11.8 Å². The molecular formula is C23H19N7O4. The zero-order valence-electron chi connectivity index (χ0n) is 18.1. The Kier molecular flexibility index (Phi) is 5.42. The Morgan fingerprint density at radius 2 is 1.88 bits per heavy atom. The van der Waals surface area contributed by atoms with E-state index in [1.807, 2.05) is 6.07 Å². The smallest absolute Gasteiger partial charge is 0.315 e. The molecule has 0 saturated heterocycles. The molecular weight excluding hydrogens is 438 g/mol. The second kappa shape index (κ2) is 8.70. The lowest BCUT2D eigenvalue weighted by Gasteiger charge is -2.10. The normalized spacial score (nSPS) is 12.3. The number of aryl methyl sites for hydroxylation is 1. The van der Waals surface area contributed by atoms with Crippen molar-refractivity contribution in [3.8, 4) is 5.75 Å². The average Bonchev–Trinajstić information content (AvgIpc) is 3.45. The minimum atomic E-state index is -0.447. The number of hydrogen-bond acceptors (Lipinski definition) is 8. The van der Waals surface area contributed by atoms with Gasteiger partial charge in [0, 0.05) is 30.4 Å². The van der Waals surface area contributed by atoms with E-state index in [4.69, 9.17) is 4.74 Å². The van der Waals surface area contributed by atoms with Crippen LogP contribution in [0.3, 0.4) is 0 Å². The lowest BCUT2D eigenvalue weighted by molar-refractivity contribution is -0.131. The topological polar surface area (TPSA) is 140 Å². The largest absolute Gasteiger partial charge is 0.426 e. The second-order valence-corrected chi connectivity index (χ2v) is 7.68. The van der Waals surface area contributed by atoms with Gasteiger partial charge in [0.1, 0.15) is 23.0 Å². The summed E-state index contributed by atoms with van der Waals surface area (Å²) in [6, 6.07) is 10.0. The summed E-state index contributed by atoms with van der Waals surface area (Å²) < 4.78 is 6.46. The first-order chi connectivity index (χ1) is 16.5. The second-order valence-electron chi connectivity index (χ2n) is 7.68. The van der Waals surface area contributed by atoms with E-state index in [1.165, 1.54) is 16.8 Å². The van der Waals surface area contributed by atoms with E-state index in [1.54, 1.807) is 37.4 Å². The Balaban J connectivity index is 1.31. The van der Waals surface area contributed by atoms with E-state index in [-0.39, 0.29) is 36.9 Å². The number of rotatable bonds is 6. The predicted octanol–water partition coefficient (Wildman–Crippen LogP) is 1.15. The number of hydrogen-bond donors (Lipinski definition) is 2. The van der Waals surface area contributed by atoms with Crippen LogP contribution >= 0.6 is 0 Å². The fourth-order valence-electron chi connectivity index (χ4n) is 3.62. The van der Waals surface area contributed by atoms with Crippen molar-refractivity contribution in [2.24, 2.45) is 0 Å². The number of aromatic nitrogens is 5. The van der Waals surface area contributed by atoms with Crippen molar-refractivity contribution in [2.75, 3.05) is 0 Å². The molecule has 0 spiro atoms. The molecule has 34 heavy (non-hydrogen) atoms. The van der Waals surface area contributed by atoms with E-state index in [9.17, 15) is 14.4 Å². The van der Waals surface area contributed by atoms with Gasteiger partial charge in [-0.15, -0.1) is 0 Å². The molecule has 170 valence electrons. The molecule has 5 rings (SSSR count). The van der Waals surface area contributed by atoms with Crippen molar-refractivity contribution in [3.05, 3.63) is 82.8 Å². The fourth-order valence-corrected chi connectivity index (χ4v) is 3.62. The molecule has 0 fully saturated rings. The SMILES string of the molecule is Cc1nccc(CNC(=O)c2cc(C(=O)NCc3ccc4c(c3)CC(=O)O4)nc3ccnn23)n1. The van der Waals surface area contributed by atoms with Crippen LogP contribution in [-0.2, 0) is 24.3 Å². The summed E-state index contributed by atoms with van der Waals surface area (Å²) in [5.41, 5.74) is 2.87. The lowest BCUT2D eigenvalue weighted by Crippen LogP contribution is -2.28. The standard InChI is InChI=1S/C23H19N7O4/c1-13-24-6-4-16(28-13)12-26-23(33)18-10-17(29-20-5-7-27-30(18)20)22(32)25-11-14-2-3-19-15(8-14)9-21(31)34-19/h2-8,10H,9,11-12H2,1H3,(H,25,32)(H,26,33). The summed E-state index contributed by atoms with van der Waals surface area (Å²) in [6.45, 7) is 2.18. The summed E-state index contributed by atoms with van der Waals surface area (Å²) >= 11 is 0.